The van der Waals surface area contributed by atoms with E-state index in [1.54, 1.807) is 36.1 Å². The van der Waals surface area contributed by atoms with Gasteiger partial charge in [-0.3, -0.25) is 14.3 Å². The van der Waals surface area contributed by atoms with Crippen LogP contribution < -0.4 is 10.6 Å². The topological polar surface area (TPSA) is 109 Å². The summed E-state index contributed by atoms with van der Waals surface area (Å²) >= 11 is 0. The number of carbonyl (C=O) groups is 3. The lowest BCUT2D eigenvalue weighted by Crippen LogP contribution is -2.41. The fraction of sp³-hybridized carbons (Fsp3) is 0.478. The second-order valence-electron chi connectivity index (χ2n) is 8.77. The Morgan fingerprint density at radius 1 is 1.12 bits per heavy atom. The summed E-state index contributed by atoms with van der Waals surface area (Å²) in [4.78, 5) is 40.1. The summed E-state index contributed by atoms with van der Waals surface area (Å²) in [6.07, 6.45) is 5.93. The first kappa shape index (κ1) is 22.8. The van der Waals surface area contributed by atoms with Crippen molar-refractivity contribution in [2.45, 2.75) is 31.3 Å². The van der Waals surface area contributed by atoms with Crippen LogP contribution in [0.1, 0.15) is 25.3 Å². The predicted octanol–water partition coefficient (Wildman–Crippen LogP) is 2.18. The lowest BCUT2D eigenvalue weighted by Gasteiger charge is -2.24. The molecule has 1 aromatic carbocycles. The second-order valence-corrected chi connectivity index (χ2v) is 8.77. The largest absolute Gasteiger partial charge is 0.369 e. The van der Waals surface area contributed by atoms with Gasteiger partial charge in [-0.1, -0.05) is 18.2 Å². The van der Waals surface area contributed by atoms with Crippen LogP contribution in [0.25, 0.3) is 0 Å². The van der Waals surface area contributed by atoms with E-state index in [0.717, 1.165) is 12.8 Å². The van der Waals surface area contributed by atoms with Crippen LogP contribution in [-0.2, 0) is 14.3 Å². The van der Waals surface area contributed by atoms with Crippen molar-refractivity contribution >= 4 is 29.2 Å². The number of aromatic nitrogens is 2. The van der Waals surface area contributed by atoms with E-state index in [9.17, 15) is 14.4 Å². The molecule has 4 amide bonds. The van der Waals surface area contributed by atoms with Crippen LogP contribution in [0, 0.1) is 5.92 Å². The van der Waals surface area contributed by atoms with Gasteiger partial charge in [0.2, 0.25) is 11.8 Å². The Kier molecular flexibility index (Phi) is 6.93. The molecule has 2 N–H and O–H groups in total. The molecule has 2 heterocycles. The van der Waals surface area contributed by atoms with E-state index in [0.29, 0.717) is 24.3 Å². The number of urea groups is 1. The number of rotatable bonds is 8. The second kappa shape index (κ2) is 10.0. The summed E-state index contributed by atoms with van der Waals surface area (Å²) < 4.78 is 7.44. The van der Waals surface area contributed by atoms with Gasteiger partial charge in [0, 0.05) is 38.4 Å². The summed E-state index contributed by atoms with van der Waals surface area (Å²) in [5, 5.41) is 10.2. The summed E-state index contributed by atoms with van der Waals surface area (Å²) in [6.45, 7) is 0.637. The molecule has 1 aliphatic carbocycles. The molecule has 4 rings (SSSR count). The maximum atomic E-state index is 13.0. The number of benzene rings is 1. The molecule has 176 valence electrons. The molecule has 1 saturated carbocycles. The Hall–Kier alpha value is -3.40. The highest BCUT2D eigenvalue weighted by atomic mass is 16.5. The summed E-state index contributed by atoms with van der Waals surface area (Å²) in [5.41, 5.74) is 1.36. The van der Waals surface area contributed by atoms with E-state index in [4.69, 9.17) is 4.74 Å². The van der Waals surface area contributed by atoms with E-state index < -0.39 is 0 Å². The summed E-state index contributed by atoms with van der Waals surface area (Å²) in [7, 11) is 3.35. The lowest BCUT2D eigenvalue weighted by atomic mass is 10.2. The van der Waals surface area contributed by atoms with Crippen molar-refractivity contribution in [2.75, 3.05) is 44.5 Å². The van der Waals surface area contributed by atoms with E-state index in [-0.39, 0.29) is 49.1 Å². The number of likely N-dealkylation sites (N-methyl/N-ethyl adjacent to an activating group) is 1. The third kappa shape index (κ3) is 5.89. The number of para-hydroxylation sites is 1. The van der Waals surface area contributed by atoms with Gasteiger partial charge in [-0.2, -0.15) is 5.10 Å². The molecule has 2 aliphatic rings. The molecule has 1 aromatic heterocycles. The van der Waals surface area contributed by atoms with Crippen LogP contribution in [0.5, 0.6) is 0 Å². The monoisotopic (exact) mass is 454 g/mol. The minimum Gasteiger partial charge on any atom is -0.369 e. The van der Waals surface area contributed by atoms with E-state index in [1.807, 2.05) is 30.3 Å². The Bertz CT molecular complexity index is 988. The van der Waals surface area contributed by atoms with Crippen molar-refractivity contribution in [3.8, 4) is 0 Å². The smallest absolute Gasteiger partial charge is 0.322 e. The zero-order valence-electron chi connectivity index (χ0n) is 18.9. The molecule has 2 fully saturated rings. The van der Waals surface area contributed by atoms with Crippen LogP contribution in [0.2, 0.25) is 0 Å². The fourth-order valence-corrected chi connectivity index (χ4v) is 3.81. The van der Waals surface area contributed by atoms with Crippen molar-refractivity contribution < 1.29 is 19.1 Å². The van der Waals surface area contributed by atoms with Crippen LogP contribution in [0.4, 0.5) is 16.2 Å². The number of amides is 4. The van der Waals surface area contributed by atoms with Crippen molar-refractivity contribution in [3.63, 3.8) is 0 Å². The fourth-order valence-electron chi connectivity index (χ4n) is 3.81. The summed E-state index contributed by atoms with van der Waals surface area (Å²) in [5.74, 6) is 0.0121. The van der Waals surface area contributed by atoms with Crippen molar-refractivity contribution in [2.24, 2.45) is 5.92 Å². The van der Waals surface area contributed by atoms with Gasteiger partial charge in [0.05, 0.1) is 30.6 Å². The van der Waals surface area contributed by atoms with Crippen LogP contribution in [-0.4, -0.2) is 77.3 Å². The van der Waals surface area contributed by atoms with Crippen molar-refractivity contribution in [3.05, 3.63) is 42.7 Å². The molecule has 33 heavy (non-hydrogen) atoms. The molecule has 0 radical (unpaired) electrons. The van der Waals surface area contributed by atoms with Gasteiger partial charge in [-0.05, 0) is 31.4 Å². The van der Waals surface area contributed by atoms with E-state index >= 15 is 0 Å². The Labute approximate surface area is 192 Å². The molecule has 1 aliphatic heterocycles. The molecule has 0 spiro atoms. The number of nitrogens with one attached hydrogen (secondary N) is 2. The molecule has 10 nitrogen and oxygen atoms in total. The number of likely N-dealkylation sites (tertiary alicyclic amines) is 1. The van der Waals surface area contributed by atoms with Gasteiger partial charge in [-0.25, -0.2) is 4.79 Å². The van der Waals surface area contributed by atoms with Gasteiger partial charge in [0.25, 0.3) is 0 Å². The first-order chi connectivity index (χ1) is 15.9. The Balaban J connectivity index is 1.42. The lowest BCUT2D eigenvalue weighted by molar-refractivity contribution is -0.133. The quantitative estimate of drug-likeness (QED) is 0.636. The summed E-state index contributed by atoms with van der Waals surface area (Å²) in [6, 6.07) is 8.74. The van der Waals surface area contributed by atoms with Crippen molar-refractivity contribution in [1.29, 1.82) is 0 Å². The molecule has 10 heteroatoms. The van der Waals surface area contributed by atoms with Gasteiger partial charge in [0.15, 0.2) is 0 Å². The maximum absolute atomic E-state index is 13.0. The third-order valence-corrected chi connectivity index (χ3v) is 5.90. The molecule has 0 bridgehead atoms. The average molecular weight is 455 g/mol. The van der Waals surface area contributed by atoms with E-state index in [2.05, 4.69) is 15.7 Å². The molecule has 2 atom stereocenters. The Morgan fingerprint density at radius 3 is 2.58 bits per heavy atom. The average Bonchev–Trinajstić information content (AvgIpc) is 3.41. The van der Waals surface area contributed by atoms with Gasteiger partial charge in [0.1, 0.15) is 6.61 Å². The normalized spacial score (nSPS) is 19.9. The highest BCUT2D eigenvalue weighted by Gasteiger charge is 2.37. The maximum Gasteiger partial charge on any atom is 0.322 e. The van der Waals surface area contributed by atoms with Gasteiger partial charge >= 0.3 is 6.03 Å². The van der Waals surface area contributed by atoms with E-state index in [1.165, 1.54) is 4.90 Å². The third-order valence-electron chi connectivity index (χ3n) is 5.90. The zero-order valence-corrected chi connectivity index (χ0v) is 18.9. The molecular formula is C23H30N6O4. The predicted molar refractivity (Wildman–Crippen MR) is 123 cm³/mol. The van der Waals surface area contributed by atoms with Gasteiger partial charge in [-0.15, -0.1) is 0 Å². The minimum absolute atomic E-state index is 0.0293. The number of ether oxygens (including phenoxy) is 1. The first-order valence-corrected chi connectivity index (χ1v) is 11.2. The van der Waals surface area contributed by atoms with Crippen LogP contribution in [0.3, 0.4) is 0 Å². The first-order valence-electron chi connectivity index (χ1n) is 11.2. The molecule has 0 unspecified atom stereocenters. The standard InChI is InChI=1S/C23H30N6O4/c1-27(2)21(30)15-33-14-20-10-19(13-28(20)23(32)26-17-6-4-3-5-7-17)29-12-18(11-24-29)25-22(31)16-8-9-16/h3-7,11-12,16,19-20H,8-10,13-15H2,1-2H3,(H,25,31)(H,26,32)/t19-,20-/m0/s1. The minimum atomic E-state index is -0.231. The van der Waals surface area contributed by atoms with Crippen molar-refractivity contribution in [1.82, 2.24) is 19.6 Å². The molecule has 1 saturated heterocycles. The zero-order chi connectivity index (χ0) is 23.4. The van der Waals surface area contributed by atoms with Gasteiger partial charge < -0.3 is 25.2 Å². The number of carbonyl (C=O) groups excluding carboxylic acids is 3. The molecular weight excluding hydrogens is 424 g/mol. The highest BCUT2D eigenvalue weighted by Crippen LogP contribution is 2.31. The highest BCUT2D eigenvalue weighted by molar-refractivity contribution is 5.93. The number of nitrogens with zero attached hydrogens (tertiary/aromatic N) is 4. The Morgan fingerprint density at radius 2 is 1.88 bits per heavy atom. The number of hydrogen-bond donors (Lipinski definition) is 2. The number of anilines is 2. The SMILES string of the molecule is CN(C)C(=O)COC[C@@H]1C[C@H](n2cc(NC(=O)C3CC3)cn2)CN1C(=O)Nc1ccccc1. The van der Waals surface area contributed by atoms with Crippen LogP contribution in [0.15, 0.2) is 42.7 Å². The molecule has 2 aromatic rings. The number of hydrogen-bond acceptors (Lipinski definition) is 5. The van der Waals surface area contributed by atoms with Crippen LogP contribution >= 0.6 is 0 Å².